The van der Waals surface area contributed by atoms with Crippen molar-refractivity contribution in [3.8, 4) is 0 Å². The summed E-state index contributed by atoms with van der Waals surface area (Å²) in [6, 6.07) is 3.84. The number of benzene rings is 1. The average molecular weight is 538 g/mol. The van der Waals surface area contributed by atoms with Gasteiger partial charge < -0.3 is 20.9 Å². The van der Waals surface area contributed by atoms with Crippen LogP contribution in [-0.4, -0.2) is 84.1 Å². The summed E-state index contributed by atoms with van der Waals surface area (Å²) in [5.74, 6) is -0.178. The summed E-state index contributed by atoms with van der Waals surface area (Å²) in [6.07, 6.45) is 3.29. The minimum atomic E-state index is -0.579. The Balaban J connectivity index is 0.00000186. The summed E-state index contributed by atoms with van der Waals surface area (Å²) in [5, 5.41) is 10.1. The van der Waals surface area contributed by atoms with Crippen LogP contribution in [0.15, 0.2) is 29.3 Å². The largest absolute Gasteiger partial charge is 0.343 e. The van der Waals surface area contributed by atoms with E-state index >= 15 is 0 Å². The van der Waals surface area contributed by atoms with Crippen molar-refractivity contribution in [3.63, 3.8) is 0 Å². The van der Waals surface area contributed by atoms with Crippen LogP contribution in [0, 0.1) is 11.7 Å². The van der Waals surface area contributed by atoms with E-state index in [4.69, 9.17) is 4.99 Å². The number of amides is 2. The Kier molecular flexibility index (Phi) is 11.1. The first-order chi connectivity index (χ1) is 17.9. The van der Waals surface area contributed by atoms with Gasteiger partial charge in [-0.05, 0) is 82.9 Å². The van der Waals surface area contributed by atoms with Crippen molar-refractivity contribution < 1.29 is 21.6 Å². The van der Waals surface area contributed by atoms with Crippen LogP contribution in [0.1, 0.15) is 59.7 Å². The van der Waals surface area contributed by atoms with Gasteiger partial charge in [0.1, 0.15) is 17.9 Å². The van der Waals surface area contributed by atoms with E-state index in [1.54, 1.807) is 14.0 Å². The first kappa shape index (κ1) is 29.3. The van der Waals surface area contributed by atoms with Gasteiger partial charge in [0.15, 0.2) is 5.78 Å². The second kappa shape index (κ2) is 14.0. The van der Waals surface area contributed by atoms with E-state index in [1.807, 2.05) is 18.7 Å². The number of hydrogen-bond acceptors (Lipinski definition) is 7. The zero-order chi connectivity index (χ0) is 26.9. The van der Waals surface area contributed by atoms with E-state index in [1.165, 1.54) is 36.0 Å². The summed E-state index contributed by atoms with van der Waals surface area (Å²) in [5.41, 5.74) is 0.439. The monoisotopic (exact) mass is 537 g/mol. The van der Waals surface area contributed by atoms with Gasteiger partial charge in [-0.3, -0.25) is 19.4 Å². The Morgan fingerprint density at radius 1 is 1.16 bits per heavy atom. The van der Waals surface area contributed by atoms with Crippen LogP contribution < -0.4 is 16.0 Å². The molecule has 1 unspecified atom stereocenters. The van der Waals surface area contributed by atoms with Crippen LogP contribution >= 0.6 is 11.8 Å². The van der Waals surface area contributed by atoms with Gasteiger partial charge in [-0.15, -0.1) is 11.8 Å². The molecule has 10 heteroatoms. The number of nitrogens with zero attached hydrogens (tertiary/aromatic N) is 2. The minimum Gasteiger partial charge on any atom is -0.343 e. The number of halogens is 1. The highest BCUT2D eigenvalue weighted by Gasteiger charge is 2.42. The number of likely N-dealkylation sites (N-methyl/N-ethyl adjacent to an activating group) is 1. The SMILES string of the molecule is CC.CN[C@@H](C)C(=O)N[C@H](C(=O)N1CCC[C@H]1C1=NC(C(=O)c2ccc(F)cc2)CS1)C1CCNCC1.[HH].[HH]. The van der Waals surface area contributed by atoms with Crippen molar-refractivity contribution >= 4 is 34.4 Å². The lowest BCUT2D eigenvalue weighted by molar-refractivity contribution is -0.138. The smallest absolute Gasteiger partial charge is 0.246 e. The highest BCUT2D eigenvalue weighted by Crippen LogP contribution is 2.31. The Morgan fingerprint density at radius 2 is 1.84 bits per heavy atom. The van der Waals surface area contributed by atoms with Crippen LogP contribution in [-0.2, 0) is 9.59 Å². The van der Waals surface area contributed by atoms with Crippen molar-refractivity contribution in [1.29, 1.82) is 0 Å². The van der Waals surface area contributed by atoms with Crippen LogP contribution in [0.5, 0.6) is 0 Å². The van der Waals surface area contributed by atoms with Crippen LogP contribution in [0.2, 0.25) is 0 Å². The number of aliphatic imine (C=N–C) groups is 1. The molecule has 3 heterocycles. The van der Waals surface area contributed by atoms with Crippen molar-refractivity contribution in [2.75, 3.05) is 32.4 Å². The molecule has 8 nitrogen and oxygen atoms in total. The van der Waals surface area contributed by atoms with Gasteiger partial charge in [-0.1, -0.05) is 13.8 Å². The molecule has 3 aliphatic heterocycles. The van der Waals surface area contributed by atoms with Crippen LogP contribution in [0.25, 0.3) is 0 Å². The maximum Gasteiger partial charge on any atom is 0.246 e. The standard InChI is InChI=1S/C25H34FN5O3S.C2H6.2H2/c1-15(27-2)23(33)30-21(16-9-11-28-12-10-16)25(34)31-13-3-4-20(31)24-29-19(14-35-24)22(32)17-5-7-18(26)8-6-17;1-2;;/h5-8,15-16,19-21,27-28H,3-4,9-14H2,1-2H3,(H,30,33);1-2H3;2*1H/t15-,19?,20-,21-;;;/m0.../s1. The highest BCUT2D eigenvalue weighted by molar-refractivity contribution is 8.14. The summed E-state index contributed by atoms with van der Waals surface area (Å²) in [6.45, 7) is 8.04. The molecule has 2 amide bonds. The Labute approximate surface area is 226 Å². The first-order valence-electron chi connectivity index (χ1n) is 13.4. The van der Waals surface area contributed by atoms with Crippen molar-refractivity contribution in [2.45, 2.75) is 70.6 Å². The predicted octanol–water partition coefficient (Wildman–Crippen LogP) is 3.12. The lowest BCUT2D eigenvalue weighted by Gasteiger charge is -2.35. The average Bonchev–Trinajstić information content (AvgIpc) is 3.62. The van der Waals surface area contributed by atoms with Gasteiger partial charge in [-0.2, -0.15) is 0 Å². The number of carbonyl (C=O) groups excluding carboxylic acids is 3. The Morgan fingerprint density at radius 3 is 2.49 bits per heavy atom. The van der Waals surface area contributed by atoms with Crippen molar-refractivity contribution in [3.05, 3.63) is 35.6 Å². The fraction of sp³-hybridized carbons (Fsp3) is 0.630. The molecule has 0 spiro atoms. The fourth-order valence-corrected chi connectivity index (χ4v) is 6.14. The van der Waals surface area contributed by atoms with Crippen molar-refractivity contribution in [1.82, 2.24) is 20.9 Å². The minimum absolute atomic E-state index is 0. The van der Waals surface area contributed by atoms with Gasteiger partial charge in [0.05, 0.1) is 17.1 Å². The number of piperidine rings is 1. The van der Waals surface area contributed by atoms with Gasteiger partial charge >= 0.3 is 0 Å². The van der Waals surface area contributed by atoms with Crippen LogP contribution in [0.3, 0.4) is 0 Å². The molecular weight excluding hydrogens is 493 g/mol. The molecule has 4 rings (SSSR count). The maximum absolute atomic E-state index is 13.8. The molecule has 0 radical (unpaired) electrons. The summed E-state index contributed by atoms with van der Waals surface area (Å²) >= 11 is 1.52. The van der Waals surface area contributed by atoms with Crippen molar-refractivity contribution in [2.24, 2.45) is 10.9 Å². The molecule has 208 valence electrons. The molecule has 4 atom stereocenters. The van der Waals surface area contributed by atoms with Gasteiger partial charge in [0, 0.05) is 20.7 Å². The quantitative estimate of drug-likeness (QED) is 0.441. The molecule has 1 aromatic carbocycles. The summed E-state index contributed by atoms with van der Waals surface area (Å²) < 4.78 is 13.2. The molecule has 2 fully saturated rings. The maximum atomic E-state index is 13.8. The lowest BCUT2D eigenvalue weighted by Crippen LogP contribution is -2.58. The number of Topliss-reactive ketones (excluding diaryl/α,β-unsaturated/α-hetero) is 1. The third-order valence-electron chi connectivity index (χ3n) is 7.17. The van der Waals surface area contributed by atoms with E-state index in [2.05, 4.69) is 16.0 Å². The number of carbonyl (C=O) groups is 3. The first-order valence-corrected chi connectivity index (χ1v) is 14.4. The zero-order valence-corrected chi connectivity index (χ0v) is 23.1. The van der Waals surface area contributed by atoms with E-state index in [0.717, 1.165) is 43.8 Å². The third-order valence-corrected chi connectivity index (χ3v) is 8.33. The third kappa shape index (κ3) is 7.18. The summed E-state index contributed by atoms with van der Waals surface area (Å²) in [4.78, 5) is 46.0. The number of likely N-dealkylation sites (tertiary alicyclic amines) is 1. The van der Waals surface area contributed by atoms with E-state index < -0.39 is 18.1 Å². The molecule has 0 saturated carbocycles. The molecule has 37 heavy (non-hydrogen) atoms. The van der Waals surface area contributed by atoms with E-state index in [-0.39, 0.29) is 38.2 Å². The molecule has 0 aromatic heterocycles. The van der Waals surface area contributed by atoms with E-state index in [0.29, 0.717) is 17.9 Å². The van der Waals surface area contributed by atoms with Gasteiger partial charge in [0.2, 0.25) is 11.8 Å². The normalized spacial score (nSPS) is 23.5. The number of rotatable bonds is 8. The second-order valence-corrected chi connectivity index (χ2v) is 10.5. The molecule has 2 saturated heterocycles. The second-order valence-electron chi connectivity index (χ2n) is 9.44. The van der Waals surface area contributed by atoms with E-state index in [9.17, 15) is 18.8 Å². The predicted molar refractivity (Wildman–Crippen MR) is 151 cm³/mol. The molecule has 3 N–H and O–H groups in total. The Hall–Kier alpha value is -2.30. The molecule has 3 aliphatic rings. The molecule has 1 aromatic rings. The van der Waals surface area contributed by atoms with Gasteiger partial charge in [0.25, 0.3) is 0 Å². The highest BCUT2D eigenvalue weighted by atomic mass is 32.2. The topological polar surface area (TPSA) is 103 Å². The molecule has 0 bridgehead atoms. The lowest BCUT2D eigenvalue weighted by atomic mass is 9.89. The Bertz CT molecular complexity index is 979. The van der Waals surface area contributed by atoms with Gasteiger partial charge in [-0.25, -0.2) is 4.39 Å². The molecule has 0 aliphatic carbocycles. The summed E-state index contributed by atoms with van der Waals surface area (Å²) in [7, 11) is 1.72. The van der Waals surface area contributed by atoms with Crippen LogP contribution in [0.4, 0.5) is 4.39 Å². The number of ketones is 1. The fourth-order valence-electron chi connectivity index (χ4n) is 4.95. The number of hydrogen-bond donors (Lipinski definition) is 3. The molecular formula is C27H44FN5O3S. The number of nitrogens with one attached hydrogen (secondary N) is 3. The zero-order valence-electron chi connectivity index (χ0n) is 22.3. The number of thioether (sulfide) groups is 1.